The van der Waals surface area contributed by atoms with Crippen LogP contribution in [-0.4, -0.2) is 23.2 Å². The lowest BCUT2D eigenvalue weighted by molar-refractivity contribution is -0.123. The van der Waals surface area contributed by atoms with Gasteiger partial charge in [-0.25, -0.2) is 0 Å². The lowest BCUT2D eigenvalue weighted by Crippen LogP contribution is -2.27. The molecule has 0 bridgehead atoms. The van der Waals surface area contributed by atoms with E-state index in [9.17, 15) is 9.59 Å². The molecule has 3 aromatic carbocycles. The number of hydrogen-bond acceptors (Lipinski definition) is 5. The van der Waals surface area contributed by atoms with Gasteiger partial charge in [0.2, 0.25) is 0 Å². The molecule has 4 rings (SSSR count). The minimum Gasteiger partial charge on any atom is -0.493 e. The van der Waals surface area contributed by atoms with Gasteiger partial charge in [-0.3, -0.25) is 14.5 Å². The molecule has 5 nitrogen and oxygen atoms in total. The first kappa shape index (κ1) is 25.7. The predicted octanol–water partition coefficient (Wildman–Crippen LogP) is 8.12. The highest BCUT2D eigenvalue weighted by Gasteiger charge is 2.35. The largest absolute Gasteiger partial charge is 0.493 e. The Hall–Kier alpha value is -2.35. The first-order valence-corrected chi connectivity index (χ1v) is 12.5. The first-order valence-electron chi connectivity index (χ1n) is 10.2. The van der Waals surface area contributed by atoms with E-state index in [1.54, 1.807) is 60.7 Å². The summed E-state index contributed by atoms with van der Waals surface area (Å²) in [6, 6.07) is 15.3. The molecule has 0 unspecified atom stereocenters. The van der Waals surface area contributed by atoms with Crippen molar-refractivity contribution in [1.82, 2.24) is 4.90 Å². The summed E-state index contributed by atoms with van der Waals surface area (Å²) in [6.07, 6.45) is 1.64. The summed E-state index contributed by atoms with van der Waals surface area (Å²) in [5, 5.41) is 1.54. The Morgan fingerprint density at radius 3 is 2.14 bits per heavy atom. The molecule has 0 N–H and O–H groups in total. The van der Waals surface area contributed by atoms with Gasteiger partial charge < -0.3 is 9.47 Å². The van der Waals surface area contributed by atoms with Crippen LogP contribution in [-0.2, 0) is 17.9 Å². The SMILES string of the molecule is COc1cc(/C=C2\SC(=O)N(Cc3ccc(Cl)cc3Cl)C2=O)ccc1OCc1ccc(Cl)cc1Cl. The number of benzene rings is 3. The standard InChI is InChI=1S/C25H17Cl4NO4S/c1-33-22-8-14(2-7-21(22)34-13-16-4-6-18(27)11-20(16)29)9-23-24(31)30(25(32)35-23)12-15-3-5-17(26)10-19(15)28/h2-11H,12-13H2,1H3/b23-9-. The second-order valence-electron chi connectivity index (χ2n) is 7.44. The molecule has 10 heteroatoms. The van der Waals surface area contributed by atoms with E-state index >= 15 is 0 Å². The van der Waals surface area contributed by atoms with E-state index in [-0.39, 0.29) is 18.4 Å². The molecule has 1 aliphatic rings. The summed E-state index contributed by atoms with van der Waals surface area (Å²) in [5.41, 5.74) is 2.08. The second kappa shape index (κ2) is 11.1. The maximum atomic E-state index is 12.9. The maximum Gasteiger partial charge on any atom is 0.293 e. The number of carbonyl (C=O) groups is 2. The summed E-state index contributed by atoms with van der Waals surface area (Å²) in [7, 11) is 1.52. The number of rotatable bonds is 7. The van der Waals surface area contributed by atoms with Crippen LogP contribution in [0.25, 0.3) is 6.08 Å². The van der Waals surface area contributed by atoms with Crippen molar-refractivity contribution in [3.8, 4) is 11.5 Å². The fourth-order valence-electron chi connectivity index (χ4n) is 3.30. The molecule has 3 aromatic rings. The fraction of sp³-hybridized carbons (Fsp3) is 0.120. The molecular weight excluding hydrogens is 552 g/mol. The van der Waals surface area contributed by atoms with E-state index in [0.29, 0.717) is 47.6 Å². The van der Waals surface area contributed by atoms with E-state index in [1.807, 2.05) is 0 Å². The molecule has 1 saturated heterocycles. The fourth-order valence-corrected chi connectivity index (χ4v) is 5.06. The number of methoxy groups -OCH3 is 1. The summed E-state index contributed by atoms with van der Waals surface area (Å²) in [5.74, 6) is 0.569. The molecule has 0 radical (unpaired) electrons. The number of thioether (sulfide) groups is 1. The number of hydrogen-bond donors (Lipinski definition) is 0. The van der Waals surface area contributed by atoms with E-state index in [1.165, 1.54) is 7.11 Å². The van der Waals surface area contributed by atoms with Crippen molar-refractivity contribution in [3.63, 3.8) is 0 Å². The number of nitrogens with zero attached hydrogens (tertiary/aromatic N) is 1. The van der Waals surface area contributed by atoms with Gasteiger partial charge in [-0.05, 0) is 65.4 Å². The Kier molecular flexibility index (Phi) is 8.19. The smallest absolute Gasteiger partial charge is 0.293 e. The molecule has 1 fully saturated rings. The summed E-state index contributed by atoms with van der Waals surface area (Å²) >= 11 is 25.1. The number of carbonyl (C=O) groups excluding carboxylic acids is 2. The Morgan fingerprint density at radius 1 is 0.857 bits per heavy atom. The van der Waals surface area contributed by atoms with Crippen LogP contribution in [0.3, 0.4) is 0 Å². The van der Waals surface area contributed by atoms with Gasteiger partial charge in [-0.1, -0.05) is 64.6 Å². The van der Waals surface area contributed by atoms with Crippen molar-refractivity contribution in [2.75, 3.05) is 7.11 Å². The quantitative estimate of drug-likeness (QED) is 0.269. The average Bonchev–Trinajstić information content (AvgIpc) is 3.07. The van der Waals surface area contributed by atoms with Crippen molar-refractivity contribution in [2.45, 2.75) is 13.2 Å². The zero-order chi connectivity index (χ0) is 25.1. The zero-order valence-corrected chi connectivity index (χ0v) is 22.0. The van der Waals surface area contributed by atoms with Gasteiger partial charge in [0, 0.05) is 25.7 Å². The topological polar surface area (TPSA) is 55.8 Å². The highest BCUT2D eigenvalue weighted by atomic mass is 35.5. The van der Waals surface area contributed by atoms with Gasteiger partial charge in [0.15, 0.2) is 11.5 Å². The first-order chi connectivity index (χ1) is 16.7. The van der Waals surface area contributed by atoms with Crippen molar-refractivity contribution >= 4 is 75.4 Å². The summed E-state index contributed by atoms with van der Waals surface area (Å²) in [4.78, 5) is 26.9. The van der Waals surface area contributed by atoms with Gasteiger partial charge in [0.25, 0.3) is 11.1 Å². The number of imide groups is 1. The van der Waals surface area contributed by atoms with Crippen LogP contribution >= 0.6 is 58.2 Å². The van der Waals surface area contributed by atoms with Crippen molar-refractivity contribution in [1.29, 1.82) is 0 Å². The molecule has 0 saturated carbocycles. The average molecular weight is 569 g/mol. The molecular formula is C25H17Cl4NO4S. The number of halogens is 4. The third kappa shape index (κ3) is 6.08. The Morgan fingerprint density at radius 2 is 1.51 bits per heavy atom. The third-order valence-corrected chi connectivity index (χ3v) is 7.18. The van der Waals surface area contributed by atoms with Crippen LogP contribution in [0.1, 0.15) is 16.7 Å². The molecule has 0 aromatic heterocycles. The van der Waals surface area contributed by atoms with Crippen molar-refractivity contribution in [3.05, 3.63) is 96.3 Å². The Bertz CT molecular complexity index is 1350. The summed E-state index contributed by atoms with van der Waals surface area (Å²) < 4.78 is 11.3. The monoisotopic (exact) mass is 567 g/mol. The van der Waals surface area contributed by atoms with Crippen LogP contribution < -0.4 is 9.47 Å². The highest BCUT2D eigenvalue weighted by Crippen LogP contribution is 2.36. The van der Waals surface area contributed by atoms with Gasteiger partial charge >= 0.3 is 0 Å². The normalized spacial score (nSPS) is 14.7. The molecule has 1 aliphatic heterocycles. The predicted molar refractivity (Wildman–Crippen MR) is 142 cm³/mol. The second-order valence-corrected chi connectivity index (χ2v) is 10.1. The molecule has 180 valence electrons. The molecule has 0 aliphatic carbocycles. The molecule has 1 heterocycles. The Balaban J connectivity index is 1.49. The van der Waals surface area contributed by atoms with Crippen molar-refractivity contribution in [2.24, 2.45) is 0 Å². The van der Waals surface area contributed by atoms with Crippen LogP contribution in [0.15, 0.2) is 59.5 Å². The van der Waals surface area contributed by atoms with E-state index < -0.39 is 5.91 Å². The molecule has 0 spiro atoms. The van der Waals surface area contributed by atoms with E-state index in [0.717, 1.165) is 22.2 Å². The maximum absolute atomic E-state index is 12.9. The van der Waals surface area contributed by atoms with Gasteiger partial charge in [-0.2, -0.15) is 0 Å². The Labute approximate surface area is 226 Å². The van der Waals surface area contributed by atoms with E-state index in [2.05, 4.69) is 0 Å². The third-order valence-electron chi connectivity index (χ3n) is 5.10. The number of ether oxygens (including phenoxy) is 2. The van der Waals surface area contributed by atoms with Gasteiger partial charge in [-0.15, -0.1) is 0 Å². The minimum atomic E-state index is -0.400. The lowest BCUT2D eigenvalue weighted by atomic mass is 10.1. The van der Waals surface area contributed by atoms with Crippen molar-refractivity contribution < 1.29 is 19.1 Å². The number of amides is 2. The molecule has 0 atom stereocenters. The minimum absolute atomic E-state index is 0.0569. The van der Waals surface area contributed by atoms with Crippen LogP contribution in [0, 0.1) is 0 Å². The molecule has 2 amide bonds. The van der Waals surface area contributed by atoms with Crippen LogP contribution in [0.4, 0.5) is 4.79 Å². The highest BCUT2D eigenvalue weighted by molar-refractivity contribution is 8.18. The van der Waals surface area contributed by atoms with Crippen LogP contribution in [0.5, 0.6) is 11.5 Å². The van der Waals surface area contributed by atoms with Gasteiger partial charge in [0.05, 0.1) is 18.6 Å². The van der Waals surface area contributed by atoms with Gasteiger partial charge in [0.1, 0.15) is 6.61 Å². The van der Waals surface area contributed by atoms with E-state index in [4.69, 9.17) is 55.9 Å². The zero-order valence-electron chi connectivity index (χ0n) is 18.2. The summed E-state index contributed by atoms with van der Waals surface area (Å²) in [6.45, 7) is 0.277. The molecule has 35 heavy (non-hydrogen) atoms. The van der Waals surface area contributed by atoms with Crippen LogP contribution in [0.2, 0.25) is 20.1 Å². The lowest BCUT2D eigenvalue weighted by Gasteiger charge is -2.14.